The summed E-state index contributed by atoms with van der Waals surface area (Å²) in [6.45, 7) is 4.66. The van der Waals surface area contributed by atoms with Crippen LogP contribution in [0.15, 0.2) is 42.5 Å². The number of nitrogens with one attached hydrogen (secondary N) is 1. The maximum Gasteiger partial charge on any atom is 0.280 e. The molecule has 3 aromatic rings. The van der Waals surface area contributed by atoms with E-state index >= 15 is 0 Å². The van der Waals surface area contributed by atoms with E-state index < -0.39 is 11.7 Å². The van der Waals surface area contributed by atoms with Gasteiger partial charge in [0.15, 0.2) is 11.5 Å². The number of carbonyl (C=O) groups is 1. The Morgan fingerprint density at radius 1 is 1.16 bits per heavy atom. The molecule has 3 N–H and O–H groups in total. The normalized spacial score (nSPS) is 14.3. The molecule has 2 heterocycles. The Labute approximate surface area is 184 Å². The van der Waals surface area contributed by atoms with E-state index in [1.54, 1.807) is 0 Å². The first-order valence-corrected chi connectivity index (χ1v) is 10.2. The molecule has 1 aromatic heterocycles. The number of ether oxygens (including phenoxy) is 2. The quantitative estimate of drug-likeness (QED) is 0.580. The second-order valence-electron chi connectivity index (χ2n) is 7.52. The second kappa shape index (κ2) is 9.75. The zero-order valence-corrected chi connectivity index (χ0v) is 17.8. The van der Waals surface area contributed by atoms with Gasteiger partial charge in [-0.3, -0.25) is 9.69 Å². The maximum atomic E-state index is 13.7. The van der Waals surface area contributed by atoms with Crippen molar-refractivity contribution in [2.75, 3.05) is 44.5 Å². The van der Waals surface area contributed by atoms with E-state index in [1.807, 2.05) is 12.1 Å². The fourth-order valence-electron chi connectivity index (χ4n) is 3.48. The minimum absolute atomic E-state index is 0.0304. The van der Waals surface area contributed by atoms with Gasteiger partial charge in [-0.05, 0) is 17.2 Å². The molecule has 0 radical (unpaired) electrons. The molecule has 0 bridgehead atoms. The summed E-state index contributed by atoms with van der Waals surface area (Å²) >= 11 is 0. The number of hydrogen-bond donors (Lipinski definition) is 2. The van der Waals surface area contributed by atoms with E-state index in [0.717, 1.165) is 38.4 Å². The Kier molecular flexibility index (Phi) is 6.62. The van der Waals surface area contributed by atoms with E-state index in [4.69, 9.17) is 15.2 Å². The second-order valence-corrected chi connectivity index (χ2v) is 7.52. The van der Waals surface area contributed by atoms with Crippen LogP contribution in [-0.2, 0) is 17.8 Å². The molecule has 1 aliphatic heterocycles. The van der Waals surface area contributed by atoms with Crippen LogP contribution in [0.2, 0.25) is 0 Å². The molecule has 0 aliphatic carbocycles. The Bertz CT molecular complexity index is 1080. The van der Waals surface area contributed by atoms with Gasteiger partial charge in [0.05, 0.1) is 26.9 Å². The topological polar surface area (TPSA) is 108 Å². The average molecular weight is 440 g/mol. The summed E-state index contributed by atoms with van der Waals surface area (Å²) < 4.78 is 25.5. The third-order valence-electron chi connectivity index (χ3n) is 5.22. The minimum Gasteiger partial charge on any atom is -0.497 e. The van der Waals surface area contributed by atoms with Gasteiger partial charge in [-0.1, -0.05) is 29.5 Å². The number of nitrogens with two attached hydrogens (primary N) is 1. The fraction of sp³-hybridized carbons (Fsp3) is 0.318. The van der Waals surface area contributed by atoms with Gasteiger partial charge in [-0.2, -0.15) is 0 Å². The molecule has 9 nitrogen and oxygen atoms in total. The number of benzene rings is 2. The smallest absolute Gasteiger partial charge is 0.280 e. The number of nitrogens with zero attached hydrogens (tertiary/aromatic N) is 4. The number of morpholine rings is 1. The van der Waals surface area contributed by atoms with Crippen LogP contribution in [0.3, 0.4) is 0 Å². The Balaban J connectivity index is 1.40. The van der Waals surface area contributed by atoms with Crippen LogP contribution in [0.25, 0.3) is 0 Å². The van der Waals surface area contributed by atoms with Gasteiger partial charge in [0.25, 0.3) is 5.91 Å². The molecule has 1 fully saturated rings. The molecule has 1 amide bonds. The lowest BCUT2D eigenvalue weighted by atomic mass is 10.1. The number of carbonyl (C=O) groups excluding carboxylic acids is 1. The first kappa shape index (κ1) is 21.7. The minimum atomic E-state index is -0.581. The molecule has 0 unspecified atom stereocenters. The van der Waals surface area contributed by atoms with Gasteiger partial charge >= 0.3 is 0 Å². The van der Waals surface area contributed by atoms with Gasteiger partial charge in [0.2, 0.25) is 0 Å². The van der Waals surface area contributed by atoms with Crippen molar-refractivity contribution in [2.45, 2.75) is 13.1 Å². The van der Waals surface area contributed by atoms with Gasteiger partial charge in [0.1, 0.15) is 11.6 Å². The van der Waals surface area contributed by atoms with Crippen LogP contribution < -0.4 is 15.8 Å². The van der Waals surface area contributed by atoms with Crippen molar-refractivity contribution in [1.82, 2.24) is 19.9 Å². The summed E-state index contributed by atoms with van der Waals surface area (Å²) in [7, 11) is 1.42. The van der Waals surface area contributed by atoms with E-state index in [2.05, 4.69) is 32.7 Å². The molecule has 1 saturated heterocycles. The standard InChI is InChI=1S/C22H25FN6O3/c1-31-19-11-17(23)10-18(12-19)25-22(30)20-21(24)29(27-26-20)14-16-4-2-15(3-5-16)13-28-6-8-32-9-7-28/h2-5,10-12H,6-9,13-14,24H2,1H3,(H,25,30). The first-order valence-electron chi connectivity index (χ1n) is 10.2. The molecular formula is C22H25FN6O3. The summed E-state index contributed by atoms with van der Waals surface area (Å²) in [5.74, 6) is -0.701. The maximum absolute atomic E-state index is 13.7. The highest BCUT2D eigenvalue weighted by molar-refractivity contribution is 6.05. The summed E-state index contributed by atoms with van der Waals surface area (Å²) in [6.07, 6.45) is 0. The van der Waals surface area contributed by atoms with Crippen molar-refractivity contribution >= 4 is 17.4 Å². The molecular weight excluding hydrogens is 415 g/mol. The summed E-state index contributed by atoms with van der Waals surface area (Å²) in [5.41, 5.74) is 8.50. The lowest BCUT2D eigenvalue weighted by Crippen LogP contribution is -2.35. The zero-order chi connectivity index (χ0) is 22.5. The number of aromatic nitrogens is 3. The van der Waals surface area contributed by atoms with Crippen molar-refractivity contribution in [2.24, 2.45) is 0 Å². The molecule has 10 heteroatoms. The molecule has 0 spiro atoms. The van der Waals surface area contributed by atoms with E-state index in [9.17, 15) is 9.18 Å². The third kappa shape index (κ3) is 5.21. The predicted molar refractivity (Wildman–Crippen MR) is 117 cm³/mol. The fourth-order valence-corrected chi connectivity index (χ4v) is 3.48. The molecule has 1 aliphatic rings. The first-order chi connectivity index (χ1) is 15.5. The lowest BCUT2D eigenvalue weighted by Gasteiger charge is -2.26. The van der Waals surface area contributed by atoms with Crippen LogP contribution in [-0.4, -0.2) is 59.2 Å². The molecule has 2 aromatic carbocycles. The lowest BCUT2D eigenvalue weighted by molar-refractivity contribution is 0.0342. The Morgan fingerprint density at radius 3 is 2.53 bits per heavy atom. The van der Waals surface area contributed by atoms with Crippen molar-refractivity contribution in [3.05, 3.63) is 65.1 Å². The van der Waals surface area contributed by atoms with Crippen molar-refractivity contribution in [3.8, 4) is 5.75 Å². The number of anilines is 2. The highest BCUT2D eigenvalue weighted by Gasteiger charge is 2.18. The summed E-state index contributed by atoms with van der Waals surface area (Å²) in [5, 5.41) is 10.5. The highest BCUT2D eigenvalue weighted by atomic mass is 19.1. The number of halogens is 1. The van der Waals surface area contributed by atoms with Gasteiger partial charge in [-0.15, -0.1) is 5.10 Å². The number of hydrogen-bond acceptors (Lipinski definition) is 7. The van der Waals surface area contributed by atoms with E-state index in [-0.39, 0.29) is 22.9 Å². The molecule has 168 valence electrons. The van der Waals surface area contributed by atoms with Crippen molar-refractivity contribution in [1.29, 1.82) is 0 Å². The number of nitrogen functional groups attached to an aromatic ring is 1. The van der Waals surface area contributed by atoms with Gasteiger partial charge in [0, 0.05) is 37.5 Å². The third-order valence-corrected chi connectivity index (χ3v) is 5.22. The number of rotatable bonds is 7. The van der Waals surface area contributed by atoms with Gasteiger partial charge < -0.3 is 20.5 Å². The van der Waals surface area contributed by atoms with Crippen LogP contribution >= 0.6 is 0 Å². The molecule has 4 rings (SSSR count). The summed E-state index contributed by atoms with van der Waals surface area (Å²) in [4.78, 5) is 14.9. The number of methoxy groups -OCH3 is 1. The molecule has 32 heavy (non-hydrogen) atoms. The van der Waals surface area contributed by atoms with Crippen molar-refractivity contribution in [3.63, 3.8) is 0 Å². The predicted octanol–water partition coefficient (Wildman–Crippen LogP) is 2.14. The Hall–Kier alpha value is -3.50. The molecule has 0 saturated carbocycles. The van der Waals surface area contributed by atoms with E-state index in [1.165, 1.54) is 35.6 Å². The van der Waals surface area contributed by atoms with Crippen molar-refractivity contribution < 1.29 is 18.7 Å². The van der Waals surface area contributed by atoms with Crippen LogP contribution in [0.5, 0.6) is 5.75 Å². The van der Waals surface area contributed by atoms with E-state index in [0.29, 0.717) is 6.54 Å². The van der Waals surface area contributed by atoms with Crippen LogP contribution in [0.1, 0.15) is 21.6 Å². The number of amides is 1. The van der Waals surface area contributed by atoms with Crippen LogP contribution in [0.4, 0.5) is 15.9 Å². The average Bonchev–Trinajstić information content (AvgIpc) is 3.15. The summed E-state index contributed by atoms with van der Waals surface area (Å²) in [6, 6.07) is 12.1. The molecule has 0 atom stereocenters. The Morgan fingerprint density at radius 2 is 1.84 bits per heavy atom. The van der Waals surface area contributed by atoms with Crippen LogP contribution in [0, 0.1) is 5.82 Å². The monoisotopic (exact) mass is 440 g/mol. The largest absolute Gasteiger partial charge is 0.497 e. The van der Waals surface area contributed by atoms with Gasteiger partial charge in [-0.25, -0.2) is 9.07 Å². The SMILES string of the molecule is COc1cc(F)cc(NC(=O)c2nnn(Cc3ccc(CN4CCOCC4)cc3)c2N)c1. The highest BCUT2D eigenvalue weighted by Crippen LogP contribution is 2.21. The zero-order valence-electron chi connectivity index (χ0n) is 17.8.